The van der Waals surface area contributed by atoms with Crippen LogP contribution in [0.25, 0.3) is 0 Å². The lowest BCUT2D eigenvalue weighted by Gasteiger charge is -2.09. The SMILES string of the molecule is CCCC(O)CNCC(=O)OCC. The Labute approximate surface area is 79.3 Å². The molecule has 0 aromatic heterocycles. The molecule has 0 bridgehead atoms. The molecule has 0 aromatic carbocycles. The van der Waals surface area contributed by atoms with E-state index in [0.717, 1.165) is 12.8 Å². The van der Waals surface area contributed by atoms with Crippen LogP contribution in [0.3, 0.4) is 0 Å². The number of nitrogens with one attached hydrogen (secondary N) is 1. The second-order valence-corrected chi connectivity index (χ2v) is 2.88. The fourth-order valence-electron chi connectivity index (χ4n) is 0.988. The minimum atomic E-state index is -0.362. The Balaban J connectivity index is 3.28. The van der Waals surface area contributed by atoms with Gasteiger partial charge in [0.25, 0.3) is 0 Å². The highest BCUT2D eigenvalue weighted by Gasteiger charge is 2.04. The molecule has 0 rings (SSSR count). The first-order valence-corrected chi connectivity index (χ1v) is 4.75. The van der Waals surface area contributed by atoms with Gasteiger partial charge in [0.2, 0.25) is 0 Å². The van der Waals surface area contributed by atoms with Crippen LogP contribution in [0.1, 0.15) is 26.7 Å². The van der Waals surface area contributed by atoms with E-state index in [1.165, 1.54) is 0 Å². The normalized spacial score (nSPS) is 12.5. The van der Waals surface area contributed by atoms with Gasteiger partial charge in [-0.25, -0.2) is 0 Å². The third-order valence-electron chi connectivity index (χ3n) is 1.58. The third kappa shape index (κ3) is 7.74. The lowest BCUT2D eigenvalue weighted by Crippen LogP contribution is -2.31. The maximum Gasteiger partial charge on any atom is 0.319 e. The van der Waals surface area contributed by atoms with Crippen LogP contribution in [0.5, 0.6) is 0 Å². The molecule has 0 amide bonds. The Bertz CT molecular complexity index is 139. The molecule has 1 atom stereocenters. The van der Waals surface area contributed by atoms with Crippen molar-refractivity contribution in [1.29, 1.82) is 0 Å². The molecule has 0 aromatic rings. The number of carbonyl (C=O) groups is 1. The van der Waals surface area contributed by atoms with Crippen LogP contribution in [-0.4, -0.2) is 36.9 Å². The summed E-state index contributed by atoms with van der Waals surface area (Å²) in [7, 11) is 0. The minimum Gasteiger partial charge on any atom is -0.465 e. The molecule has 1 unspecified atom stereocenters. The number of hydrogen-bond donors (Lipinski definition) is 2. The predicted molar refractivity (Wildman–Crippen MR) is 50.4 cm³/mol. The van der Waals surface area contributed by atoms with Crippen LogP contribution in [0.2, 0.25) is 0 Å². The smallest absolute Gasteiger partial charge is 0.319 e. The quantitative estimate of drug-likeness (QED) is 0.565. The number of carbonyl (C=O) groups excluding carboxylic acids is 1. The lowest BCUT2D eigenvalue weighted by molar-refractivity contribution is -0.142. The summed E-state index contributed by atoms with van der Waals surface area (Å²) in [4.78, 5) is 10.8. The summed E-state index contributed by atoms with van der Waals surface area (Å²) in [5.41, 5.74) is 0. The van der Waals surface area contributed by atoms with Crippen molar-refractivity contribution in [2.45, 2.75) is 32.8 Å². The highest BCUT2D eigenvalue weighted by atomic mass is 16.5. The first kappa shape index (κ1) is 12.4. The molecular weight excluding hydrogens is 170 g/mol. The van der Waals surface area contributed by atoms with Crippen molar-refractivity contribution in [2.75, 3.05) is 19.7 Å². The first-order valence-electron chi connectivity index (χ1n) is 4.75. The predicted octanol–water partition coefficient (Wildman–Crippen LogP) is 0.300. The van der Waals surface area contributed by atoms with Crippen LogP contribution in [0, 0.1) is 0 Å². The molecule has 0 spiro atoms. The summed E-state index contributed by atoms with van der Waals surface area (Å²) in [6.45, 7) is 4.80. The van der Waals surface area contributed by atoms with Gasteiger partial charge in [0, 0.05) is 6.54 Å². The standard InChI is InChI=1S/C9H19NO3/c1-3-5-8(11)6-10-7-9(12)13-4-2/h8,10-11H,3-7H2,1-2H3. The van der Waals surface area contributed by atoms with Gasteiger partial charge in [0.1, 0.15) is 0 Å². The number of aliphatic hydroxyl groups excluding tert-OH is 1. The monoisotopic (exact) mass is 189 g/mol. The van der Waals surface area contributed by atoms with Crippen molar-refractivity contribution in [3.63, 3.8) is 0 Å². The maximum absolute atomic E-state index is 10.8. The summed E-state index contributed by atoms with van der Waals surface area (Å²) >= 11 is 0. The maximum atomic E-state index is 10.8. The van der Waals surface area contributed by atoms with Gasteiger partial charge in [0.15, 0.2) is 0 Å². The first-order chi connectivity index (χ1) is 6.20. The minimum absolute atomic E-state index is 0.175. The molecule has 0 radical (unpaired) electrons. The molecule has 0 fully saturated rings. The second kappa shape index (κ2) is 8.01. The second-order valence-electron chi connectivity index (χ2n) is 2.88. The molecule has 0 saturated heterocycles. The van der Waals surface area contributed by atoms with Gasteiger partial charge in [-0.1, -0.05) is 13.3 Å². The zero-order valence-corrected chi connectivity index (χ0v) is 8.38. The molecule has 0 aliphatic heterocycles. The fraction of sp³-hybridized carbons (Fsp3) is 0.889. The highest BCUT2D eigenvalue weighted by Crippen LogP contribution is 1.93. The van der Waals surface area contributed by atoms with Crippen LogP contribution in [0.15, 0.2) is 0 Å². The van der Waals surface area contributed by atoms with Gasteiger partial charge in [-0.2, -0.15) is 0 Å². The third-order valence-corrected chi connectivity index (χ3v) is 1.58. The van der Waals surface area contributed by atoms with Gasteiger partial charge >= 0.3 is 5.97 Å². The Hall–Kier alpha value is -0.610. The topological polar surface area (TPSA) is 58.6 Å². The van der Waals surface area contributed by atoms with Crippen molar-refractivity contribution < 1.29 is 14.6 Å². The number of esters is 1. The van der Waals surface area contributed by atoms with Crippen LogP contribution < -0.4 is 5.32 Å². The molecule has 0 saturated carbocycles. The van der Waals surface area contributed by atoms with E-state index in [1.54, 1.807) is 6.92 Å². The largest absolute Gasteiger partial charge is 0.465 e. The summed E-state index contributed by atoms with van der Waals surface area (Å²) < 4.78 is 4.70. The lowest BCUT2D eigenvalue weighted by atomic mass is 10.2. The molecule has 13 heavy (non-hydrogen) atoms. The number of rotatable bonds is 7. The molecular formula is C9H19NO3. The Morgan fingerprint density at radius 2 is 2.23 bits per heavy atom. The Morgan fingerprint density at radius 1 is 1.54 bits per heavy atom. The summed E-state index contributed by atoms with van der Waals surface area (Å²) in [5.74, 6) is -0.272. The van der Waals surface area contributed by atoms with Gasteiger partial charge in [0.05, 0.1) is 19.3 Å². The average Bonchev–Trinajstić information content (AvgIpc) is 2.05. The van der Waals surface area contributed by atoms with E-state index in [0.29, 0.717) is 13.2 Å². The molecule has 4 nitrogen and oxygen atoms in total. The number of ether oxygens (including phenoxy) is 1. The van der Waals surface area contributed by atoms with E-state index >= 15 is 0 Å². The number of aliphatic hydroxyl groups is 1. The van der Waals surface area contributed by atoms with Crippen molar-refractivity contribution in [1.82, 2.24) is 5.32 Å². The molecule has 0 aliphatic rings. The summed E-state index contributed by atoms with van der Waals surface area (Å²) in [5, 5.41) is 12.1. The van der Waals surface area contributed by atoms with E-state index < -0.39 is 0 Å². The van der Waals surface area contributed by atoms with Gasteiger partial charge in [-0.3, -0.25) is 4.79 Å². The summed E-state index contributed by atoms with van der Waals surface area (Å²) in [6, 6.07) is 0. The van der Waals surface area contributed by atoms with E-state index in [9.17, 15) is 9.90 Å². The highest BCUT2D eigenvalue weighted by molar-refractivity contribution is 5.71. The van der Waals surface area contributed by atoms with Gasteiger partial charge in [-0.15, -0.1) is 0 Å². The molecule has 2 N–H and O–H groups in total. The Kier molecular flexibility index (Phi) is 7.63. The fourth-order valence-corrected chi connectivity index (χ4v) is 0.988. The van der Waals surface area contributed by atoms with E-state index in [1.807, 2.05) is 6.92 Å². The van der Waals surface area contributed by atoms with Crippen LogP contribution in [-0.2, 0) is 9.53 Å². The van der Waals surface area contributed by atoms with E-state index in [4.69, 9.17) is 4.74 Å². The molecule has 78 valence electrons. The zero-order chi connectivity index (χ0) is 10.1. The van der Waals surface area contributed by atoms with Gasteiger partial charge < -0.3 is 15.2 Å². The van der Waals surface area contributed by atoms with Crippen molar-refractivity contribution in [2.24, 2.45) is 0 Å². The summed E-state index contributed by atoms with van der Waals surface area (Å²) in [6.07, 6.45) is 1.34. The molecule has 4 heteroatoms. The van der Waals surface area contributed by atoms with Gasteiger partial charge in [-0.05, 0) is 13.3 Å². The average molecular weight is 189 g/mol. The Morgan fingerprint density at radius 3 is 2.77 bits per heavy atom. The van der Waals surface area contributed by atoms with Crippen molar-refractivity contribution >= 4 is 5.97 Å². The van der Waals surface area contributed by atoms with E-state index in [2.05, 4.69) is 5.32 Å². The number of hydrogen-bond acceptors (Lipinski definition) is 4. The molecule has 0 aliphatic carbocycles. The van der Waals surface area contributed by atoms with Crippen LogP contribution >= 0.6 is 0 Å². The van der Waals surface area contributed by atoms with E-state index in [-0.39, 0.29) is 18.6 Å². The zero-order valence-electron chi connectivity index (χ0n) is 8.38. The van der Waals surface area contributed by atoms with Crippen LogP contribution in [0.4, 0.5) is 0 Å². The van der Waals surface area contributed by atoms with Crippen molar-refractivity contribution in [3.8, 4) is 0 Å². The molecule has 0 heterocycles. The van der Waals surface area contributed by atoms with Crippen molar-refractivity contribution in [3.05, 3.63) is 0 Å².